The van der Waals surface area contributed by atoms with Gasteiger partial charge in [-0.2, -0.15) is 5.10 Å². The zero-order chi connectivity index (χ0) is 19.8. The van der Waals surface area contributed by atoms with E-state index in [9.17, 15) is 9.59 Å². The van der Waals surface area contributed by atoms with Crippen molar-refractivity contribution in [2.24, 2.45) is 5.10 Å². The molecular formula is C19H21N3O5. The van der Waals surface area contributed by atoms with Gasteiger partial charge in [-0.1, -0.05) is 12.1 Å². The molecule has 2 rings (SSSR count). The van der Waals surface area contributed by atoms with Crippen molar-refractivity contribution in [3.63, 3.8) is 0 Å². The minimum Gasteiger partial charge on any atom is -0.493 e. The number of amides is 2. The van der Waals surface area contributed by atoms with Crippen molar-refractivity contribution in [3.8, 4) is 17.2 Å². The summed E-state index contributed by atoms with van der Waals surface area (Å²) in [5.74, 6) is -0.441. The van der Waals surface area contributed by atoms with Crippen molar-refractivity contribution < 1.29 is 23.8 Å². The molecule has 0 aliphatic heterocycles. The maximum atomic E-state index is 11.9. The Morgan fingerprint density at radius 1 is 0.963 bits per heavy atom. The number of hydrogen-bond donors (Lipinski definition) is 2. The van der Waals surface area contributed by atoms with Crippen LogP contribution in [0.25, 0.3) is 0 Å². The van der Waals surface area contributed by atoms with Crippen LogP contribution in [0.2, 0.25) is 0 Å². The standard InChI is InChI=1S/C19H21N3O5/c1-12-6-5-7-14(10-12)21-18(23)19(24)22-20-11-13-8-9-15(25-2)17(27-4)16(13)26-3/h5-11H,1-4H3,(H,21,23)(H,22,24)/b20-11+. The van der Waals surface area contributed by atoms with E-state index in [1.807, 2.05) is 13.0 Å². The smallest absolute Gasteiger partial charge is 0.329 e. The average Bonchev–Trinajstić information content (AvgIpc) is 2.67. The van der Waals surface area contributed by atoms with E-state index in [2.05, 4.69) is 15.8 Å². The predicted octanol–water partition coefficient (Wildman–Crippen LogP) is 2.11. The first-order chi connectivity index (χ1) is 13.0. The van der Waals surface area contributed by atoms with Crippen molar-refractivity contribution >= 4 is 23.7 Å². The van der Waals surface area contributed by atoms with Gasteiger partial charge in [0.05, 0.1) is 27.5 Å². The lowest BCUT2D eigenvalue weighted by Crippen LogP contribution is -2.32. The molecule has 0 unspecified atom stereocenters. The molecule has 0 saturated heterocycles. The molecule has 27 heavy (non-hydrogen) atoms. The molecule has 0 aromatic heterocycles. The average molecular weight is 371 g/mol. The molecule has 2 amide bonds. The molecule has 0 spiro atoms. The van der Waals surface area contributed by atoms with Crippen LogP contribution >= 0.6 is 0 Å². The maximum Gasteiger partial charge on any atom is 0.329 e. The lowest BCUT2D eigenvalue weighted by atomic mass is 10.2. The molecule has 0 fully saturated rings. The Labute approximate surface area is 157 Å². The molecule has 0 bridgehead atoms. The van der Waals surface area contributed by atoms with Crippen molar-refractivity contribution in [2.45, 2.75) is 6.92 Å². The van der Waals surface area contributed by atoms with Crippen LogP contribution in [0.1, 0.15) is 11.1 Å². The quantitative estimate of drug-likeness (QED) is 0.460. The Morgan fingerprint density at radius 3 is 2.33 bits per heavy atom. The zero-order valence-electron chi connectivity index (χ0n) is 15.5. The van der Waals surface area contributed by atoms with Crippen LogP contribution in [-0.2, 0) is 9.59 Å². The summed E-state index contributed by atoms with van der Waals surface area (Å²) in [6.45, 7) is 1.89. The lowest BCUT2D eigenvalue weighted by molar-refractivity contribution is -0.136. The molecule has 8 heteroatoms. The van der Waals surface area contributed by atoms with E-state index >= 15 is 0 Å². The zero-order valence-corrected chi connectivity index (χ0v) is 15.5. The van der Waals surface area contributed by atoms with E-state index in [4.69, 9.17) is 14.2 Å². The third-order valence-corrected chi connectivity index (χ3v) is 3.59. The number of ether oxygens (including phenoxy) is 3. The third kappa shape index (κ3) is 4.97. The van der Waals surface area contributed by atoms with Crippen molar-refractivity contribution in [1.82, 2.24) is 5.43 Å². The van der Waals surface area contributed by atoms with Gasteiger partial charge in [-0.25, -0.2) is 5.43 Å². The number of methoxy groups -OCH3 is 3. The maximum absolute atomic E-state index is 11.9. The molecule has 0 atom stereocenters. The highest BCUT2D eigenvalue weighted by Crippen LogP contribution is 2.38. The first kappa shape index (κ1) is 19.8. The fourth-order valence-electron chi connectivity index (χ4n) is 2.35. The molecule has 142 valence electrons. The Bertz CT molecular complexity index is 864. The Kier molecular flexibility index (Phi) is 6.76. The van der Waals surface area contributed by atoms with Gasteiger partial charge >= 0.3 is 11.8 Å². The molecule has 0 radical (unpaired) electrons. The van der Waals surface area contributed by atoms with Gasteiger partial charge in [0.2, 0.25) is 5.75 Å². The molecule has 0 heterocycles. The van der Waals surface area contributed by atoms with Gasteiger partial charge in [0, 0.05) is 11.3 Å². The number of carbonyl (C=O) groups is 2. The van der Waals surface area contributed by atoms with E-state index in [1.54, 1.807) is 30.3 Å². The highest BCUT2D eigenvalue weighted by molar-refractivity contribution is 6.39. The number of carbonyl (C=O) groups excluding carboxylic acids is 2. The second kappa shape index (κ2) is 9.23. The van der Waals surface area contributed by atoms with Gasteiger partial charge in [0.25, 0.3) is 0 Å². The van der Waals surface area contributed by atoms with Gasteiger partial charge in [0.1, 0.15) is 0 Å². The summed E-state index contributed by atoms with van der Waals surface area (Å²) in [7, 11) is 4.47. The van der Waals surface area contributed by atoms with Gasteiger partial charge in [-0.3, -0.25) is 9.59 Å². The third-order valence-electron chi connectivity index (χ3n) is 3.59. The van der Waals surface area contributed by atoms with Crippen LogP contribution in [-0.4, -0.2) is 39.4 Å². The van der Waals surface area contributed by atoms with Crippen LogP contribution < -0.4 is 25.0 Å². The Morgan fingerprint density at radius 2 is 1.70 bits per heavy atom. The largest absolute Gasteiger partial charge is 0.493 e. The summed E-state index contributed by atoms with van der Waals surface area (Å²) in [6, 6.07) is 10.5. The van der Waals surface area contributed by atoms with Crippen LogP contribution in [0.4, 0.5) is 5.69 Å². The van der Waals surface area contributed by atoms with E-state index < -0.39 is 11.8 Å². The number of nitrogens with zero attached hydrogens (tertiary/aromatic N) is 1. The summed E-state index contributed by atoms with van der Waals surface area (Å²) in [6.07, 6.45) is 1.35. The first-order valence-corrected chi connectivity index (χ1v) is 8.00. The topological polar surface area (TPSA) is 98.2 Å². The van der Waals surface area contributed by atoms with Gasteiger partial charge in [-0.05, 0) is 36.8 Å². The van der Waals surface area contributed by atoms with Gasteiger partial charge in [0.15, 0.2) is 11.5 Å². The molecule has 2 aromatic rings. The van der Waals surface area contributed by atoms with Crippen LogP contribution in [0, 0.1) is 6.92 Å². The van der Waals surface area contributed by atoms with E-state index in [-0.39, 0.29) is 0 Å². The summed E-state index contributed by atoms with van der Waals surface area (Å²) >= 11 is 0. The highest BCUT2D eigenvalue weighted by Gasteiger charge is 2.16. The SMILES string of the molecule is COc1ccc(/C=N/NC(=O)C(=O)Nc2cccc(C)c2)c(OC)c1OC. The Hall–Kier alpha value is -3.55. The van der Waals surface area contributed by atoms with Gasteiger partial charge in [-0.15, -0.1) is 0 Å². The van der Waals surface area contributed by atoms with Gasteiger partial charge < -0.3 is 19.5 Å². The fourth-order valence-corrected chi connectivity index (χ4v) is 2.35. The minimum atomic E-state index is -0.896. The molecule has 2 N–H and O–H groups in total. The molecule has 0 saturated carbocycles. The Balaban J connectivity index is 2.06. The number of nitrogens with one attached hydrogen (secondary N) is 2. The monoisotopic (exact) mass is 371 g/mol. The second-order valence-corrected chi connectivity index (χ2v) is 5.45. The van der Waals surface area contributed by atoms with Crippen LogP contribution in [0.3, 0.4) is 0 Å². The van der Waals surface area contributed by atoms with E-state index in [1.165, 1.54) is 27.5 Å². The summed E-state index contributed by atoms with van der Waals surface area (Å²) in [5, 5.41) is 6.30. The number of rotatable bonds is 6. The first-order valence-electron chi connectivity index (χ1n) is 8.00. The number of hydrazone groups is 1. The minimum absolute atomic E-state index is 0.388. The fraction of sp³-hybridized carbons (Fsp3) is 0.211. The normalized spacial score (nSPS) is 10.4. The van der Waals surface area contributed by atoms with Crippen LogP contribution in [0.5, 0.6) is 17.2 Å². The van der Waals surface area contributed by atoms with Crippen molar-refractivity contribution in [2.75, 3.05) is 26.6 Å². The molecule has 0 aliphatic rings. The number of benzene rings is 2. The molecular weight excluding hydrogens is 350 g/mol. The number of anilines is 1. The summed E-state index contributed by atoms with van der Waals surface area (Å²) in [4.78, 5) is 23.8. The molecule has 2 aromatic carbocycles. The van der Waals surface area contributed by atoms with Crippen molar-refractivity contribution in [1.29, 1.82) is 0 Å². The van der Waals surface area contributed by atoms with Crippen molar-refractivity contribution in [3.05, 3.63) is 47.5 Å². The van der Waals surface area contributed by atoms with E-state index in [0.29, 0.717) is 28.5 Å². The molecule has 8 nitrogen and oxygen atoms in total. The number of hydrogen-bond acceptors (Lipinski definition) is 6. The second-order valence-electron chi connectivity index (χ2n) is 5.45. The summed E-state index contributed by atoms with van der Waals surface area (Å²) < 4.78 is 15.8. The number of aryl methyl sites for hydroxylation is 1. The van der Waals surface area contributed by atoms with E-state index in [0.717, 1.165) is 5.56 Å². The predicted molar refractivity (Wildman–Crippen MR) is 102 cm³/mol. The summed E-state index contributed by atoms with van der Waals surface area (Å²) in [5.41, 5.74) is 4.20. The van der Waals surface area contributed by atoms with Crippen LogP contribution in [0.15, 0.2) is 41.5 Å². The lowest BCUT2D eigenvalue weighted by Gasteiger charge is -2.13. The molecule has 0 aliphatic carbocycles. The highest BCUT2D eigenvalue weighted by atomic mass is 16.5.